The normalized spacial score (nSPS) is 16.7. The van der Waals surface area contributed by atoms with Gasteiger partial charge in [-0.15, -0.1) is 0 Å². The van der Waals surface area contributed by atoms with Crippen LogP contribution >= 0.6 is 58.2 Å². The number of hydrogen-bond donors (Lipinski definition) is 1. The number of para-hydroxylation sites is 1. The van der Waals surface area contributed by atoms with Gasteiger partial charge >= 0.3 is 0 Å². The predicted octanol–water partition coefficient (Wildman–Crippen LogP) is 7.37. The molecule has 10 heteroatoms. The first kappa shape index (κ1) is 25.4. The smallest absolute Gasteiger partial charge is 0.269 e. The number of nitrogens with zero attached hydrogens (tertiary/aromatic N) is 2. The Kier molecular flexibility index (Phi) is 7.95. The Labute approximate surface area is 226 Å². The maximum atomic E-state index is 13.5. The first-order valence-corrected chi connectivity index (χ1v) is 12.6. The summed E-state index contributed by atoms with van der Waals surface area (Å²) in [6.07, 6.45) is 0.334. The van der Waals surface area contributed by atoms with E-state index in [0.29, 0.717) is 32.9 Å². The summed E-state index contributed by atoms with van der Waals surface area (Å²) in [4.78, 5) is 28.0. The Morgan fingerprint density at radius 3 is 2.23 bits per heavy atom. The van der Waals surface area contributed by atoms with Crippen molar-refractivity contribution in [3.63, 3.8) is 0 Å². The van der Waals surface area contributed by atoms with Crippen molar-refractivity contribution < 1.29 is 9.59 Å². The van der Waals surface area contributed by atoms with E-state index in [0.717, 1.165) is 17.3 Å². The van der Waals surface area contributed by atoms with Gasteiger partial charge in [-0.1, -0.05) is 82.4 Å². The molecule has 3 aromatic rings. The van der Waals surface area contributed by atoms with E-state index in [-0.39, 0.29) is 21.5 Å². The van der Waals surface area contributed by atoms with Gasteiger partial charge in [0.2, 0.25) is 5.91 Å². The van der Waals surface area contributed by atoms with Crippen LogP contribution in [0, 0.1) is 11.3 Å². The number of hydrogen-bond acceptors (Lipinski definition) is 4. The van der Waals surface area contributed by atoms with Gasteiger partial charge in [0.25, 0.3) is 5.91 Å². The largest absolute Gasteiger partial charge is 0.321 e. The van der Waals surface area contributed by atoms with Gasteiger partial charge in [-0.2, -0.15) is 5.26 Å². The molecule has 1 saturated heterocycles. The molecule has 1 atom stereocenters. The monoisotopic (exact) mass is 561 g/mol. The lowest BCUT2D eigenvalue weighted by molar-refractivity contribution is -0.117. The standard InChI is InChI=1S/C25H15Cl4N3O2S/c26-18-8-6-14(10-20(18)28)11-22-24(34)32(16-4-2-1-3-5-16)25(35-22)17(13-30)23(33)31-15-7-9-19(27)21(29)12-15/h1-10,12,22H,11H2,(H,31,33)/b25-17-/t22-/m1/s1. The Balaban J connectivity index is 1.71. The molecule has 0 bridgehead atoms. The van der Waals surface area contributed by atoms with E-state index in [2.05, 4.69) is 5.32 Å². The number of nitriles is 1. The van der Waals surface area contributed by atoms with E-state index in [1.54, 1.807) is 48.5 Å². The highest BCUT2D eigenvalue weighted by molar-refractivity contribution is 8.05. The van der Waals surface area contributed by atoms with Crippen molar-refractivity contribution in [2.45, 2.75) is 11.7 Å². The van der Waals surface area contributed by atoms with Crippen LogP contribution in [-0.2, 0) is 16.0 Å². The molecule has 1 aliphatic rings. The third kappa shape index (κ3) is 5.61. The summed E-state index contributed by atoms with van der Waals surface area (Å²) in [7, 11) is 0. The van der Waals surface area contributed by atoms with Crippen LogP contribution in [0.15, 0.2) is 77.3 Å². The topological polar surface area (TPSA) is 73.2 Å². The highest BCUT2D eigenvalue weighted by atomic mass is 35.5. The van der Waals surface area contributed by atoms with Crippen LogP contribution < -0.4 is 10.2 Å². The van der Waals surface area contributed by atoms with Gasteiger partial charge in [0.05, 0.1) is 25.3 Å². The molecule has 0 spiro atoms. The summed E-state index contributed by atoms with van der Waals surface area (Å²) < 4.78 is 0. The predicted molar refractivity (Wildman–Crippen MR) is 143 cm³/mol. The van der Waals surface area contributed by atoms with Gasteiger partial charge in [-0.25, -0.2) is 0 Å². The zero-order valence-corrected chi connectivity index (χ0v) is 21.6. The van der Waals surface area contributed by atoms with Crippen molar-refractivity contribution in [2.75, 3.05) is 10.2 Å². The molecule has 3 aromatic carbocycles. The van der Waals surface area contributed by atoms with Gasteiger partial charge in [0, 0.05) is 11.4 Å². The Hall–Kier alpha value is -2.66. The summed E-state index contributed by atoms with van der Waals surface area (Å²) in [6, 6.07) is 20.6. The van der Waals surface area contributed by atoms with Crippen molar-refractivity contribution in [3.8, 4) is 6.07 Å². The van der Waals surface area contributed by atoms with Crippen LogP contribution in [0.5, 0.6) is 0 Å². The zero-order valence-electron chi connectivity index (χ0n) is 17.8. The fraction of sp³-hybridized carbons (Fsp3) is 0.0800. The van der Waals surface area contributed by atoms with Crippen molar-refractivity contribution >= 4 is 81.4 Å². The Morgan fingerprint density at radius 2 is 1.60 bits per heavy atom. The maximum absolute atomic E-state index is 13.5. The molecule has 0 aromatic heterocycles. The third-order valence-electron chi connectivity index (χ3n) is 5.10. The maximum Gasteiger partial charge on any atom is 0.269 e. The molecule has 35 heavy (non-hydrogen) atoms. The van der Waals surface area contributed by atoms with Crippen LogP contribution in [0.3, 0.4) is 0 Å². The first-order valence-electron chi connectivity index (χ1n) is 10.2. The second kappa shape index (κ2) is 10.9. The fourth-order valence-corrected chi connectivity index (χ4v) is 5.37. The number of amides is 2. The second-order valence-corrected chi connectivity index (χ2v) is 10.3. The molecule has 2 amide bonds. The van der Waals surface area contributed by atoms with Crippen molar-refractivity contribution in [3.05, 3.63) is 103 Å². The molecule has 0 saturated carbocycles. The van der Waals surface area contributed by atoms with Gasteiger partial charge in [-0.05, 0) is 54.4 Å². The number of carbonyl (C=O) groups is 2. The minimum Gasteiger partial charge on any atom is -0.321 e. The molecule has 0 radical (unpaired) electrons. The van der Waals surface area contributed by atoms with E-state index < -0.39 is 11.2 Å². The highest BCUT2D eigenvalue weighted by Crippen LogP contribution is 2.42. The number of carbonyl (C=O) groups excluding carboxylic acids is 2. The quantitative estimate of drug-likeness (QED) is 0.260. The minimum absolute atomic E-state index is 0.199. The molecule has 0 aliphatic carbocycles. The van der Waals surface area contributed by atoms with E-state index in [4.69, 9.17) is 46.4 Å². The molecule has 176 valence electrons. The van der Waals surface area contributed by atoms with Crippen LogP contribution in [0.4, 0.5) is 11.4 Å². The molecule has 1 fully saturated rings. The van der Waals surface area contributed by atoms with E-state index >= 15 is 0 Å². The number of anilines is 2. The highest BCUT2D eigenvalue weighted by Gasteiger charge is 2.40. The van der Waals surface area contributed by atoms with Crippen molar-refractivity contribution in [2.24, 2.45) is 0 Å². The third-order valence-corrected chi connectivity index (χ3v) is 7.84. The van der Waals surface area contributed by atoms with Gasteiger partial charge in [0.1, 0.15) is 16.7 Å². The summed E-state index contributed by atoms with van der Waals surface area (Å²) in [5.41, 5.74) is 1.52. The average molecular weight is 563 g/mol. The number of halogens is 4. The Bertz CT molecular complexity index is 1390. The Morgan fingerprint density at radius 1 is 0.943 bits per heavy atom. The summed E-state index contributed by atoms with van der Waals surface area (Å²) >= 11 is 25.3. The lowest BCUT2D eigenvalue weighted by Crippen LogP contribution is -2.30. The molecule has 1 heterocycles. The number of thioether (sulfide) groups is 1. The fourth-order valence-electron chi connectivity index (χ4n) is 3.45. The molecular formula is C25H15Cl4N3O2S. The molecule has 4 rings (SSSR count). The lowest BCUT2D eigenvalue weighted by atomic mass is 10.1. The molecule has 5 nitrogen and oxygen atoms in total. The molecule has 1 aliphatic heterocycles. The van der Waals surface area contributed by atoms with Crippen LogP contribution in [0.1, 0.15) is 5.56 Å². The van der Waals surface area contributed by atoms with E-state index in [1.807, 2.05) is 12.1 Å². The zero-order chi connectivity index (χ0) is 25.1. The average Bonchev–Trinajstić information content (AvgIpc) is 3.15. The summed E-state index contributed by atoms with van der Waals surface area (Å²) in [5.74, 6) is -0.922. The van der Waals surface area contributed by atoms with E-state index in [9.17, 15) is 14.9 Å². The lowest BCUT2D eigenvalue weighted by Gasteiger charge is -2.18. The molecule has 0 unspecified atom stereocenters. The second-order valence-electron chi connectivity index (χ2n) is 7.44. The van der Waals surface area contributed by atoms with Crippen molar-refractivity contribution in [1.29, 1.82) is 5.26 Å². The van der Waals surface area contributed by atoms with Crippen LogP contribution in [0.25, 0.3) is 0 Å². The number of nitrogens with one attached hydrogen (secondary N) is 1. The van der Waals surface area contributed by atoms with Gasteiger partial charge in [0.15, 0.2) is 0 Å². The van der Waals surface area contributed by atoms with Crippen molar-refractivity contribution in [1.82, 2.24) is 0 Å². The van der Waals surface area contributed by atoms with E-state index in [1.165, 1.54) is 17.0 Å². The minimum atomic E-state index is -0.669. The van der Waals surface area contributed by atoms with Crippen LogP contribution in [-0.4, -0.2) is 17.1 Å². The number of benzene rings is 3. The molecular weight excluding hydrogens is 548 g/mol. The SMILES string of the molecule is N#C/C(C(=O)Nc1ccc(Cl)c(Cl)c1)=C1/S[C@H](Cc2ccc(Cl)c(Cl)c2)C(=O)N1c1ccccc1. The van der Waals surface area contributed by atoms with Gasteiger partial charge in [-0.3, -0.25) is 14.5 Å². The summed E-state index contributed by atoms with van der Waals surface area (Å²) in [6.45, 7) is 0. The van der Waals surface area contributed by atoms with Gasteiger partial charge < -0.3 is 5.32 Å². The first-order chi connectivity index (χ1) is 16.8. The number of rotatable bonds is 5. The van der Waals surface area contributed by atoms with Crippen LogP contribution in [0.2, 0.25) is 20.1 Å². The summed E-state index contributed by atoms with van der Waals surface area (Å²) in [5, 5.41) is 13.6. The molecule has 1 N–H and O–H groups in total.